The fourth-order valence-electron chi connectivity index (χ4n) is 1.37. The molecule has 0 aliphatic carbocycles. The van der Waals surface area contributed by atoms with E-state index in [1.165, 1.54) is 6.33 Å². The van der Waals surface area contributed by atoms with Gasteiger partial charge in [-0.1, -0.05) is 0 Å². The Morgan fingerprint density at radius 1 is 1.43 bits per heavy atom. The molecule has 0 aliphatic heterocycles. The molecule has 0 fully saturated rings. The Morgan fingerprint density at radius 2 is 2.14 bits per heavy atom. The van der Waals surface area contributed by atoms with Crippen molar-refractivity contribution < 1.29 is 8.78 Å². The van der Waals surface area contributed by atoms with Crippen LogP contribution >= 0.6 is 22.6 Å². The molecule has 0 bridgehead atoms. The summed E-state index contributed by atoms with van der Waals surface area (Å²) in [4.78, 5) is 4.00. The van der Waals surface area contributed by atoms with Crippen molar-refractivity contribution in [1.29, 1.82) is 0 Å². The van der Waals surface area contributed by atoms with Gasteiger partial charge in [-0.2, -0.15) is 0 Å². The quantitative estimate of drug-likeness (QED) is 0.585. The Balaban J connectivity index is 2.88. The van der Waals surface area contributed by atoms with Gasteiger partial charge in [0, 0.05) is 6.54 Å². The molecule has 0 saturated heterocycles. The van der Waals surface area contributed by atoms with Gasteiger partial charge in [-0.15, -0.1) is 0 Å². The molecule has 0 aliphatic rings. The highest BCUT2D eigenvalue weighted by Crippen LogP contribution is 2.23. The lowest BCUT2D eigenvalue weighted by Gasteiger charge is -2.02. The minimum Gasteiger partial charge on any atom is -0.328 e. The number of rotatable bonds is 1. The lowest BCUT2D eigenvalue weighted by Crippen LogP contribution is -1.97. The molecule has 0 spiro atoms. The van der Waals surface area contributed by atoms with Gasteiger partial charge in [0.1, 0.15) is 5.52 Å². The maximum absolute atomic E-state index is 13.5. The Labute approximate surface area is 93.1 Å². The normalized spacial score (nSPS) is 11.1. The number of hydrogen-bond donors (Lipinski definition) is 0. The molecule has 1 heterocycles. The summed E-state index contributed by atoms with van der Waals surface area (Å²) in [7, 11) is 0. The maximum atomic E-state index is 13.5. The Morgan fingerprint density at radius 3 is 2.79 bits per heavy atom. The van der Waals surface area contributed by atoms with Crippen molar-refractivity contribution in [3.05, 3.63) is 27.6 Å². The van der Waals surface area contributed by atoms with Crippen LogP contribution in [0.2, 0.25) is 0 Å². The predicted molar refractivity (Wildman–Crippen MR) is 58.0 cm³/mol. The van der Waals surface area contributed by atoms with Crippen molar-refractivity contribution in [2.24, 2.45) is 0 Å². The monoisotopic (exact) mass is 308 g/mol. The van der Waals surface area contributed by atoms with E-state index in [0.29, 0.717) is 12.1 Å². The summed E-state index contributed by atoms with van der Waals surface area (Å²) in [5.74, 6) is -1.61. The summed E-state index contributed by atoms with van der Waals surface area (Å²) in [5, 5.41) is 0. The summed E-state index contributed by atoms with van der Waals surface area (Å²) >= 11 is 1.76. The van der Waals surface area contributed by atoms with Crippen LogP contribution in [0.1, 0.15) is 6.92 Å². The van der Waals surface area contributed by atoms with Crippen molar-refractivity contribution in [3.63, 3.8) is 0 Å². The van der Waals surface area contributed by atoms with E-state index in [-0.39, 0.29) is 9.09 Å². The van der Waals surface area contributed by atoms with E-state index < -0.39 is 11.6 Å². The first-order chi connectivity index (χ1) is 6.65. The van der Waals surface area contributed by atoms with Crippen LogP contribution in [0.3, 0.4) is 0 Å². The number of aryl methyl sites for hydroxylation is 1. The van der Waals surface area contributed by atoms with Gasteiger partial charge in [0.05, 0.1) is 15.4 Å². The number of aromatic nitrogens is 2. The average Bonchev–Trinajstić information content (AvgIpc) is 2.57. The zero-order valence-corrected chi connectivity index (χ0v) is 9.55. The largest absolute Gasteiger partial charge is 0.328 e. The molecule has 14 heavy (non-hydrogen) atoms. The number of fused-ring (bicyclic) bond motifs is 1. The van der Waals surface area contributed by atoms with Crippen LogP contribution in [-0.2, 0) is 6.54 Å². The van der Waals surface area contributed by atoms with Gasteiger partial charge < -0.3 is 4.57 Å². The lowest BCUT2D eigenvalue weighted by atomic mass is 10.3. The molecule has 1 aromatic heterocycles. The number of benzene rings is 1. The van der Waals surface area contributed by atoms with Gasteiger partial charge in [-0.3, -0.25) is 0 Å². The second-order valence-corrected chi connectivity index (χ2v) is 4.05. The molecule has 0 atom stereocenters. The molecule has 0 radical (unpaired) electrons. The SMILES string of the molecule is CCn1cnc2cc(I)c(F)c(F)c21. The molecular formula is C9H7F2IN2. The van der Waals surface area contributed by atoms with Gasteiger partial charge in [-0.25, -0.2) is 13.8 Å². The Bertz CT molecular complexity index is 493. The fourth-order valence-corrected chi connectivity index (χ4v) is 1.91. The third-order valence-corrected chi connectivity index (χ3v) is 2.87. The first kappa shape index (κ1) is 9.82. The summed E-state index contributed by atoms with van der Waals surface area (Å²) in [5.41, 5.74) is 0.737. The second kappa shape index (κ2) is 3.45. The smallest absolute Gasteiger partial charge is 0.185 e. The van der Waals surface area contributed by atoms with Crippen molar-refractivity contribution in [1.82, 2.24) is 9.55 Å². The van der Waals surface area contributed by atoms with Crippen molar-refractivity contribution in [3.8, 4) is 0 Å². The standard InChI is InChI=1S/C9H7F2IN2/c1-2-14-4-13-6-3-5(12)7(10)8(11)9(6)14/h3-4H,2H2,1H3. The molecule has 2 aromatic rings. The first-order valence-electron chi connectivity index (χ1n) is 4.13. The lowest BCUT2D eigenvalue weighted by molar-refractivity contribution is 0.507. The topological polar surface area (TPSA) is 17.8 Å². The molecule has 2 nitrogen and oxygen atoms in total. The van der Waals surface area contributed by atoms with Gasteiger partial charge in [-0.05, 0) is 35.6 Å². The minimum absolute atomic E-state index is 0.241. The molecule has 0 unspecified atom stereocenters. The molecule has 2 rings (SSSR count). The van der Waals surface area contributed by atoms with Crippen molar-refractivity contribution in [2.75, 3.05) is 0 Å². The number of hydrogen-bond acceptors (Lipinski definition) is 1. The van der Waals surface area contributed by atoms with Crippen molar-refractivity contribution >= 4 is 33.6 Å². The summed E-state index contributed by atoms with van der Waals surface area (Å²) in [6, 6.07) is 1.54. The van der Waals surface area contributed by atoms with E-state index in [9.17, 15) is 8.78 Å². The van der Waals surface area contributed by atoms with Crippen LogP contribution in [0.5, 0.6) is 0 Å². The van der Waals surface area contributed by atoms with Crippen LogP contribution in [0, 0.1) is 15.2 Å². The van der Waals surface area contributed by atoms with Gasteiger partial charge >= 0.3 is 0 Å². The van der Waals surface area contributed by atoms with E-state index in [1.54, 1.807) is 33.2 Å². The summed E-state index contributed by atoms with van der Waals surface area (Å²) in [6.07, 6.45) is 1.52. The maximum Gasteiger partial charge on any atom is 0.185 e. The molecule has 74 valence electrons. The average molecular weight is 308 g/mol. The van der Waals surface area contributed by atoms with Crippen LogP contribution in [0.25, 0.3) is 11.0 Å². The van der Waals surface area contributed by atoms with E-state index in [4.69, 9.17) is 0 Å². The Hall–Kier alpha value is -0.720. The number of imidazole rings is 1. The third-order valence-electron chi connectivity index (χ3n) is 2.08. The highest BCUT2D eigenvalue weighted by Gasteiger charge is 2.15. The summed E-state index contributed by atoms with van der Waals surface area (Å²) < 4.78 is 28.6. The van der Waals surface area contributed by atoms with E-state index in [0.717, 1.165) is 0 Å². The first-order valence-corrected chi connectivity index (χ1v) is 5.21. The van der Waals surface area contributed by atoms with Crippen molar-refractivity contribution in [2.45, 2.75) is 13.5 Å². The molecule has 1 aromatic carbocycles. The van der Waals surface area contributed by atoms with E-state index in [1.807, 2.05) is 6.92 Å². The van der Waals surface area contributed by atoms with E-state index in [2.05, 4.69) is 4.98 Å². The highest BCUT2D eigenvalue weighted by atomic mass is 127. The molecule has 0 amide bonds. The van der Waals surface area contributed by atoms with Crippen LogP contribution < -0.4 is 0 Å². The number of nitrogens with zero attached hydrogens (tertiary/aromatic N) is 2. The zero-order valence-electron chi connectivity index (χ0n) is 7.39. The molecule has 0 saturated carbocycles. The van der Waals surface area contributed by atoms with Gasteiger partial charge in [0.25, 0.3) is 0 Å². The van der Waals surface area contributed by atoms with Crippen LogP contribution in [-0.4, -0.2) is 9.55 Å². The third kappa shape index (κ3) is 1.30. The number of halogens is 3. The highest BCUT2D eigenvalue weighted by molar-refractivity contribution is 14.1. The van der Waals surface area contributed by atoms with Crippen LogP contribution in [0.15, 0.2) is 12.4 Å². The van der Waals surface area contributed by atoms with E-state index >= 15 is 0 Å². The van der Waals surface area contributed by atoms with Crippen LogP contribution in [0.4, 0.5) is 8.78 Å². The zero-order chi connectivity index (χ0) is 10.3. The predicted octanol–water partition coefficient (Wildman–Crippen LogP) is 2.94. The molecule has 0 N–H and O–H groups in total. The minimum atomic E-state index is -0.814. The Kier molecular flexibility index (Phi) is 2.42. The molecule has 5 heteroatoms. The fraction of sp³-hybridized carbons (Fsp3) is 0.222. The second-order valence-electron chi connectivity index (χ2n) is 2.88. The van der Waals surface area contributed by atoms with Gasteiger partial charge in [0.15, 0.2) is 11.6 Å². The van der Waals surface area contributed by atoms with Gasteiger partial charge in [0.2, 0.25) is 0 Å². The molecular weight excluding hydrogens is 301 g/mol. The summed E-state index contributed by atoms with van der Waals surface area (Å²) in [6.45, 7) is 2.43.